The average Bonchev–Trinajstić information content (AvgIpc) is 3.31. The monoisotopic (exact) mass is 510 g/mol. The summed E-state index contributed by atoms with van der Waals surface area (Å²) in [5.74, 6) is 1.78. The number of nitrogens with one attached hydrogen (secondary N) is 1. The quantitative estimate of drug-likeness (QED) is 0.433. The number of hydrogen-bond acceptors (Lipinski definition) is 5. The van der Waals surface area contributed by atoms with E-state index in [-0.39, 0.29) is 11.8 Å². The Bertz CT molecular complexity index is 1040. The van der Waals surface area contributed by atoms with Crippen molar-refractivity contribution in [1.29, 1.82) is 0 Å². The van der Waals surface area contributed by atoms with Crippen LogP contribution in [0.2, 0.25) is 0 Å². The van der Waals surface area contributed by atoms with Crippen molar-refractivity contribution in [2.75, 3.05) is 19.6 Å². The number of amides is 1. The Hall–Kier alpha value is -2.51. The van der Waals surface area contributed by atoms with E-state index in [0.29, 0.717) is 24.2 Å². The molecule has 2 heterocycles. The molecule has 1 amide bonds. The minimum absolute atomic E-state index is 0.000418. The van der Waals surface area contributed by atoms with Gasteiger partial charge in [-0.05, 0) is 49.4 Å². The normalized spacial score (nSPS) is 17.6. The minimum Gasteiger partial charge on any atom is -0.356 e. The van der Waals surface area contributed by atoms with E-state index in [1.165, 1.54) is 5.56 Å². The van der Waals surface area contributed by atoms with Gasteiger partial charge < -0.3 is 9.84 Å². The first-order valence-electron chi connectivity index (χ1n) is 11.7. The van der Waals surface area contributed by atoms with Crippen LogP contribution in [-0.4, -0.2) is 40.6 Å². The number of likely N-dealkylation sites (tertiary alicyclic amines) is 1. The molecule has 4 rings (SSSR count). The van der Waals surface area contributed by atoms with Gasteiger partial charge in [-0.15, -0.1) is 0 Å². The Morgan fingerprint density at radius 1 is 1.24 bits per heavy atom. The summed E-state index contributed by atoms with van der Waals surface area (Å²) in [7, 11) is 0. The summed E-state index contributed by atoms with van der Waals surface area (Å²) in [4.78, 5) is 19.7. The number of piperidine rings is 1. The molecule has 6 nitrogen and oxygen atoms in total. The zero-order chi connectivity index (χ0) is 23.0. The highest BCUT2D eigenvalue weighted by Gasteiger charge is 2.27. The van der Waals surface area contributed by atoms with Gasteiger partial charge in [-0.2, -0.15) is 4.98 Å². The van der Waals surface area contributed by atoms with Gasteiger partial charge in [0.25, 0.3) is 0 Å². The summed E-state index contributed by atoms with van der Waals surface area (Å²) in [5.41, 5.74) is 2.24. The number of carbonyl (C=O) groups is 1. The predicted octanol–water partition coefficient (Wildman–Crippen LogP) is 5.10. The standard InChI is InChI=1S/C26H31BrN4O2/c1-2-19(14-20-8-4-3-5-9-20)16-28-26(32)22-11-7-13-31(17-22)18-24-29-25(30-33-24)21-10-6-12-23(27)15-21/h3-6,8-10,12,15,19,22H,2,7,11,13-14,16-18H2,1H3,(H,28,32). The van der Waals surface area contributed by atoms with Crippen LogP contribution in [0.1, 0.15) is 37.6 Å². The Labute approximate surface area is 203 Å². The third-order valence-corrected chi connectivity index (χ3v) is 6.79. The number of hydrogen-bond donors (Lipinski definition) is 1. The molecule has 0 radical (unpaired) electrons. The first-order valence-corrected chi connectivity index (χ1v) is 12.5. The second-order valence-electron chi connectivity index (χ2n) is 8.81. The van der Waals surface area contributed by atoms with E-state index in [1.807, 2.05) is 30.3 Å². The molecule has 1 fully saturated rings. The molecule has 3 aromatic rings. The van der Waals surface area contributed by atoms with Crippen molar-refractivity contribution < 1.29 is 9.32 Å². The lowest BCUT2D eigenvalue weighted by atomic mass is 9.95. The highest BCUT2D eigenvalue weighted by atomic mass is 79.9. The van der Waals surface area contributed by atoms with E-state index in [2.05, 4.69) is 67.5 Å². The number of aromatic nitrogens is 2. The van der Waals surface area contributed by atoms with Crippen LogP contribution in [0.3, 0.4) is 0 Å². The van der Waals surface area contributed by atoms with Crippen molar-refractivity contribution in [2.45, 2.75) is 39.2 Å². The molecule has 174 valence electrons. The summed E-state index contributed by atoms with van der Waals surface area (Å²) in [6.07, 6.45) is 3.95. The average molecular weight is 511 g/mol. The van der Waals surface area contributed by atoms with Gasteiger partial charge in [-0.1, -0.05) is 76.9 Å². The molecule has 2 atom stereocenters. The third kappa shape index (κ3) is 6.74. The smallest absolute Gasteiger partial charge is 0.241 e. The summed E-state index contributed by atoms with van der Waals surface area (Å²) in [5, 5.41) is 7.34. The Morgan fingerprint density at radius 2 is 2.09 bits per heavy atom. The van der Waals surface area contributed by atoms with Crippen molar-refractivity contribution in [3.05, 3.63) is 70.5 Å². The highest BCUT2D eigenvalue weighted by molar-refractivity contribution is 9.10. The van der Waals surface area contributed by atoms with Crippen LogP contribution in [0.4, 0.5) is 0 Å². The first kappa shape index (κ1) is 23.6. The Kier molecular flexibility index (Phi) is 8.29. The van der Waals surface area contributed by atoms with E-state index >= 15 is 0 Å². The second-order valence-corrected chi connectivity index (χ2v) is 9.72. The molecule has 33 heavy (non-hydrogen) atoms. The van der Waals surface area contributed by atoms with E-state index in [9.17, 15) is 4.79 Å². The first-order chi connectivity index (χ1) is 16.1. The molecule has 1 aromatic heterocycles. The summed E-state index contributed by atoms with van der Waals surface area (Å²) in [6, 6.07) is 18.3. The van der Waals surface area contributed by atoms with Crippen LogP contribution in [0, 0.1) is 11.8 Å². The second kappa shape index (κ2) is 11.6. The van der Waals surface area contributed by atoms with Gasteiger partial charge in [0, 0.05) is 23.1 Å². The number of halogens is 1. The fraction of sp³-hybridized carbons (Fsp3) is 0.423. The van der Waals surface area contributed by atoms with Gasteiger partial charge in [-0.3, -0.25) is 9.69 Å². The molecule has 0 saturated carbocycles. The van der Waals surface area contributed by atoms with Gasteiger partial charge >= 0.3 is 0 Å². The van der Waals surface area contributed by atoms with E-state index < -0.39 is 0 Å². The van der Waals surface area contributed by atoms with Gasteiger partial charge in [0.2, 0.25) is 17.6 Å². The topological polar surface area (TPSA) is 71.3 Å². The summed E-state index contributed by atoms with van der Waals surface area (Å²) in [6.45, 7) is 5.13. The number of carbonyl (C=O) groups excluding carboxylic acids is 1. The molecule has 2 unspecified atom stereocenters. The maximum absolute atomic E-state index is 12.9. The van der Waals surface area contributed by atoms with Crippen molar-refractivity contribution in [1.82, 2.24) is 20.4 Å². The summed E-state index contributed by atoms with van der Waals surface area (Å²) < 4.78 is 6.47. The Morgan fingerprint density at radius 3 is 2.88 bits per heavy atom. The van der Waals surface area contributed by atoms with Gasteiger partial charge in [0.1, 0.15) is 0 Å². The number of benzene rings is 2. The van der Waals surface area contributed by atoms with Crippen molar-refractivity contribution in [3.63, 3.8) is 0 Å². The van der Waals surface area contributed by atoms with Crippen LogP contribution < -0.4 is 5.32 Å². The molecule has 0 spiro atoms. The molecule has 2 aromatic carbocycles. The maximum atomic E-state index is 12.9. The summed E-state index contributed by atoms with van der Waals surface area (Å²) >= 11 is 3.48. The molecule has 1 saturated heterocycles. The minimum atomic E-state index is 0.000418. The van der Waals surface area contributed by atoms with Crippen LogP contribution in [0.5, 0.6) is 0 Å². The van der Waals surface area contributed by atoms with Crippen LogP contribution >= 0.6 is 15.9 Å². The fourth-order valence-corrected chi connectivity index (χ4v) is 4.77. The van der Waals surface area contributed by atoms with Crippen LogP contribution in [0.25, 0.3) is 11.4 Å². The zero-order valence-corrected chi connectivity index (χ0v) is 20.6. The fourth-order valence-electron chi connectivity index (χ4n) is 4.37. The van der Waals surface area contributed by atoms with E-state index in [0.717, 1.165) is 55.4 Å². The van der Waals surface area contributed by atoms with Gasteiger partial charge in [0.15, 0.2) is 0 Å². The van der Waals surface area contributed by atoms with E-state index in [1.54, 1.807) is 0 Å². The Balaban J connectivity index is 1.28. The van der Waals surface area contributed by atoms with Crippen molar-refractivity contribution in [3.8, 4) is 11.4 Å². The van der Waals surface area contributed by atoms with Gasteiger partial charge in [0.05, 0.1) is 12.5 Å². The van der Waals surface area contributed by atoms with Crippen LogP contribution in [0.15, 0.2) is 63.6 Å². The van der Waals surface area contributed by atoms with Crippen molar-refractivity contribution >= 4 is 21.8 Å². The molecule has 1 N–H and O–H groups in total. The maximum Gasteiger partial charge on any atom is 0.241 e. The zero-order valence-electron chi connectivity index (χ0n) is 19.0. The predicted molar refractivity (Wildman–Crippen MR) is 132 cm³/mol. The van der Waals surface area contributed by atoms with Gasteiger partial charge in [-0.25, -0.2) is 0 Å². The molecule has 0 aliphatic carbocycles. The lowest BCUT2D eigenvalue weighted by Gasteiger charge is -2.31. The molecule has 0 bridgehead atoms. The molecule has 1 aliphatic heterocycles. The van der Waals surface area contributed by atoms with Crippen LogP contribution in [-0.2, 0) is 17.8 Å². The van der Waals surface area contributed by atoms with Crippen molar-refractivity contribution in [2.24, 2.45) is 11.8 Å². The van der Waals surface area contributed by atoms with E-state index in [4.69, 9.17) is 4.52 Å². The SMILES string of the molecule is CCC(CNC(=O)C1CCCN(Cc2nc(-c3cccc(Br)c3)no2)C1)Cc1ccccc1. The molecule has 7 heteroatoms. The molecule has 1 aliphatic rings. The lowest BCUT2D eigenvalue weighted by Crippen LogP contribution is -2.43. The number of nitrogens with zero attached hydrogens (tertiary/aromatic N) is 3. The lowest BCUT2D eigenvalue weighted by molar-refractivity contribution is -0.127. The molecular weight excluding hydrogens is 480 g/mol. The molecular formula is C26H31BrN4O2. The highest BCUT2D eigenvalue weighted by Crippen LogP contribution is 2.22. The third-order valence-electron chi connectivity index (χ3n) is 6.30. The number of rotatable bonds is 9. The largest absolute Gasteiger partial charge is 0.356 e.